The van der Waals surface area contributed by atoms with Crippen LogP contribution in [0.4, 0.5) is 5.69 Å². The van der Waals surface area contributed by atoms with Gasteiger partial charge in [-0.25, -0.2) is 0 Å². The van der Waals surface area contributed by atoms with Crippen LogP contribution in [0.1, 0.15) is 20.7 Å². The smallest absolute Gasteiger partial charge is 0.285 e. The summed E-state index contributed by atoms with van der Waals surface area (Å²) in [6.45, 7) is 1.35. The molecular formula is C15H12ClN3O3. The van der Waals surface area contributed by atoms with Gasteiger partial charge in [-0.3, -0.25) is 14.8 Å². The summed E-state index contributed by atoms with van der Waals surface area (Å²) < 4.78 is 0. The molecule has 2 heterocycles. The molecule has 1 fully saturated rings. The number of anilines is 1. The van der Waals surface area contributed by atoms with Crippen LogP contribution < -0.4 is 10.6 Å². The first kappa shape index (κ1) is 13.5. The Morgan fingerprint density at radius 1 is 1.18 bits per heavy atom. The van der Waals surface area contributed by atoms with Crippen LogP contribution in [0.5, 0.6) is 0 Å². The minimum absolute atomic E-state index is 0.0954. The van der Waals surface area contributed by atoms with Crippen molar-refractivity contribution in [1.29, 1.82) is 0 Å². The summed E-state index contributed by atoms with van der Waals surface area (Å²) in [6, 6.07) is 6.72. The predicted octanol–water partition coefficient (Wildman–Crippen LogP) is 1.63. The third-order valence-electron chi connectivity index (χ3n) is 4.16. The van der Waals surface area contributed by atoms with E-state index in [0.717, 1.165) is 11.1 Å². The fourth-order valence-electron chi connectivity index (χ4n) is 3.12. The van der Waals surface area contributed by atoms with E-state index >= 15 is 0 Å². The molecule has 0 unspecified atom stereocenters. The second-order valence-electron chi connectivity index (χ2n) is 5.57. The lowest BCUT2D eigenvalue weighted by molar-refractivity contribution is -0.0377. The van der Waals surface area contributed by atoms with Crippen molar-refractivity contribution in [3.8, 4) is 0 Å². The lowest BCUT2D eigenvalue weighted by atomic mass is 9.92. The van der Waals surface area contributed by atoms with Crippen LogP contribution in [-0.2, 0) is 0 Å². The molecule has 6 nitrogen and oxygen atoms in total. The van der Waals surface area contributed by atoms with Crippen LogP contribution in [0.25, 0.3) is 10.8 Å². The third-order valence-corrected chi connectivity index (χ3v) is 4.45. The quantitative estimate of drug-likeness (QED) is 0.616. The zero-order valence-electron chi connectivity index (χ0n) is 11.4. The van der Waals surface area contributed by atoms with Crippen LogP contribution >= 0.6 is 11.6 Å². The van der Waals surface area contributed by atoms with Gasteiger partial charge in [-0.15, -0.1) is 5.06 Å². The molecular weight excluding hydrogens is 306 g/mol. The molecule has 7 heteroatoms. The minimum atomic E-state index is -0.762. The molecule has 0 saturated carbocycles. The summed E-state index contributed by atoms with van der Waals surface area (Å²) in [5.74, 6) is -1.49. The number of hydrogen-bond acceptors (Lipinski definition) is 5. The minimum Gasteiger partial charge on any atom is -0.367 e. The van der Waals surface area contributed by atoms with E-state index in [1.54, 1.807) is 12.1 Å². The summed E-state index contributed by atoms with van der Waals surface area (Å²) in [5.41, 5.74) is 7.12. The molecule has 1 saturated heterocycles. The van der Waals surface area contributed by atoms with Crippen molar-refractivity contribution < 1.29 is 14.8 Å². The van der Waals surface area contributed by atoms with Gasteiger partial charge in [-0.1, -0.05) is 23.7 Å². The number of nitrogens with two attached hydrogens (primary N) is 1. The highest BCUT2D eigenvalue weighted by atomic mass is 35.5. The number of hydrogen-bond donors (Lipinski definition) is 2. The Kier molecular flexibility index (Phi) is 2.72. The average Bonchev–Trinajstić information content (AvgIpc) is 2.47. The van der Waals surface area contributed by atoms with Crippen molar-refractivity contribution in [2.75, 3.05) is 18.0 Å². The number of rotatable bonds is 1. The monoisotopic (exact) mass is 317 g/mol. The van der Waals surface area contributed by atoms with Crippen LogP contribution in [0.2, 0.25) is 5.02 Å². The number of hydroxylamine groups is 2. The lowest BCUT2D eigenvalue weighted by Gasteiger charge is -2.40. The first-order valence-electron chi connectivity index (χ1n) is 6.82. The molecule has 0 spiro atoms. The van der Waals surface area contributed by atoms with Gasteiger partial charge < -0.3 is 10.6 Å². The molecule has 3 N–H and O–H groups in total. The Hall–Kier alpha value is -2.15. The highest BCUT2D eigenvalue weighted by Crippen LogP contribution is 2.41. The van der Waals surface area contributed by atoms with E-state index in [1.165, 1.54) is 6.07 Å². The highest BCUT2D eigenvalue weighted by Gasteiger charge is 2.35. The van der Waals surface area contributed by atoms with Gasteiger partial charge in [0.05, 0.1) is 21.8 Å². The number of imide groups is 1. The summed E-state index contributed by atoms with van der Waals surface area (Å²) in [4.78, 5) is 26.3. The molecule has 112 valence electrons. The van der Waals surface area contributed by atoms with Gasteiger partial charge in [-0.05, 0) is 12.1 Å². The van der Waals surface area contributed by atoms with Gasteiger partial charge in [-0.2, -0.15) is 0 Å². The molecule has 2 amide bonds. The maximum atomic E-state index is 12.1. The molecule has 0 atom stereocenters. The number of nitrogens with zero attached hydrogens (tertiary/aromatic N) is 2. The third kappa shape index (κ3) is 1.62. The molecule has 2 aliphatic rings. The molecule has 0 aliphatic carbocycles. The second-order valence-corrected chi connectivity index (χ2v) is 5.98. The first-order valence-corrected chi connectivity index (χ1v) is 7.20. The van der Waals surface area contributed by atoms with Crippen molar-refractivity contribution in [3.63, 3.8) is 0 Å². The van der Waals surface area contributed by atoms with Gasteiger partial charge in [0.1, 0.15) is 0 Å². The number of benzene rings is 2. The van der Waals surface area contributed by atoms with E-state index in [1.807, 2.05) is 11.0 Å². The molecule has 22 heavy (non-hydrogen) atoms. The van der Waals surface area contributed by atoms with Gasteiger partial charge in [0, 0.05) is 29.9 Å². The standard InChI is InChI=1S/C15H12ClN3O3/c16-11-4-10-12-8(13(11)18-5-7(17)6-18)2-1-3-9(12)14(20)19(22)15(10)21/h1-4,7,22H,5-6,17H2. The maximum absolute atomic E-state index is 12.1. The fourth-order valence-corrected chi connectivity index (χ4v) is 3.45. The van der Waals surface area contributed by atoms with E-state index in [-0.39, 0.29) is 22.2 Å². The van der Waals surface area contributed by atoms with E-state index < -0.39 is 11.8 Å². The van der Waals surface area contributed by atoms with Crippen molar-refractivity contribution in [1.82, 2.24) is 5.06 Å². The highest BCUT2D eigenvalue weighted by molar-refractivity contribution is 6.37. The van der Waals surface area contributed by atoms with Gasteiger partial charge in [0.2, 0.25) is 0 Å². The molecule has 4 rings (SSSR count). The van der Waals surface area contributed by atoms with Crippen LogP contribution in [0, 0.1) is 0 Å². The zero-order valence-corrected chi connectivity index (χ0v) is 12.2. The first-order chi connectivity index (χ1) is 10.5. The van der Waals surface area contributed by atoms with Crippen molar-refractivity contribution in [2.45, 2.75) is 6.04 Å². The van der Waals surface area contributed by atoms with Crippen molar-refractivity contribution in [2.24, 2.45) is 5.73 Å². The molecule has 2 aromatic carbocycles. The van der Waals surface area contributed by atoms with Crippen LogP contribution in [-0.4, -0.2) is 41.2 Å². The Morgan fingerprint density at radius 2 is 1.86 bits per heavy atom. The van der Waals surface area contributed by atoms with Crippen molar-refractivity contribution >= 4 is 39.9 Å². The van der Waals surface area contributed by atoms with Gasteiger partial charge in [0.25, 0.3) is 11.8 Å². The van der Waals surface area contributed by atoms with Gasteiger partial charge in [0.15, 0.2) is 0 Å². The average molecular weight is 318 g/mol. The van der Waals surface area contributed by atoms with E-state index in [0.29, 0.717) is 23.5 Å². The Labute approximate surface area is 130 Å². The maximum Gasteiger partial charge on any atom is 0.285 e. The molecule has 0 aromatic heterocycles. The Balaban J connectivity index is 2.06. The zero-order chi connectivity index (χ0) is 15.6. The normalized spacial score (nSPS) is 18.1. The molecule has 0 bridgehead atoms. The topological polar surface area (TPSA) is 86.9 Å². The number of carbonyl (C=O) groups excluding carboxylic acids is 2. The van der Waals surface area contributed by atoms with Crippen LogP contribution in [0.3, 0.4) is 0 Å². The molecule has 0 radical (unpaired) electrons. The Morgan fingerprint density at radius 3 is 2.55 bits per heavy atom. The lowest BCUT2D eigenvalue weighted by Crippen LogP contribution is -2.56. The van der Waals surface area contributed by atoms with E-state index in [4.69, 9.17) is 17.3 Å². The predicted molar refractivity (Wildman–Crippen MR) is 81.4 cm³/mol. The summed E-state index contributed by atoms with van der Waals surface area (Å²) in [6.07, 6.45) is 0. The molecule has 2 aromatic rings. The summed E-state index contributed by atoms with van der Waals surface area (Å²) >= 11 is 6.35. The Bertz CT molecular complexity index is 846. The van der Waals surface area contributed by atoms with E-state index in [2.05, 4.69) is 0 Å². The summed E-state index contributed by atoms with van der Waals surface area (Å²) in [7, 11) is 0. The SMILES string of the molecule is NC1CN(c2c(Cl)cc3c4c(cccc24)C(=O)N(O)C3=O)C1. The molecule has 2 aliphatic heterocycles. The van der Waals surface area contributed by atoms with E-state index in [9.17, 15) is 14.8 Å². The van der Waals surface area contributed by atoms with Gasteiger partial charge >= 0.3 is 0 Å². The number of carbonyl (C=O) groups is 2. The largest absolute Gasteiger partial charge is 0.367 e. The van der Waals surface area contributed by atoms with Crippen LogP contribution in [0.15, 0.2) is 24.3 Å². The second kappa shape index (κ2) is 4.42. The summed E-state index contributed by atoms with van der Waals surface area (Å²) in [5, 5.41) is 11.5. The fraction of sp³-hybridized carbons (Fsp3) is 0.200. The number of amides is 2. The van der Waals surface area contributed by atoms with Crippen molar-refractivity contribution in [3.05, 3.63) is 40.4 Å². The number of halogens is 1.